The molecule has 8 heteroatoms. The zero-order chi connectivity index (χ0) is 16.1. The van der Waals surface area contributed by atoms with E-state index in [1.807, 2.05) is 4.90 Å². The number of halogens is 1. The minimum Gasteiger partial charge on any atom is -0.616 e. The first kappa shape index (κ1) is 16.7. The van der Waals surface area contributed by atoms with Crippen LogP contribution in [0.3, 0.4) is 0 Å². The molecular weight excluding hydrogens is 311 g/mol. The number of rotatable bonds is 5. The molecule has 0 aromatic heterocycles. The lowest BCUT2D eigenvalue weighted by Gasteiger charge is -2.34. The maximum absolute atomic E-state index is 14.2. The minimum absolute atomic E-state index is 0.277. The van der Waals surface area contributed by atoms with Gasteiger partial charge in [0.15, 0.2) is 0 Å². The van der Waals surface area contributed by atoms with E-state index in [1.165, 1.54) is 11.0 Å². The van der Waals surface area contributed by atoms with Gasteiger partial charge in [-0.2, -0.15) is 0 Å². The Labute approximate surface area is 131 Å². The summed E-state index contributed by atoms with van der Waals surface area (Å²) >= 11 is -0.940. The van der Waals surface area contributed by atoms with Gasteiger partial charge < -0.3 is 24.2 Å². The van der Waals surface area contributed by atoms with Crippen molar-refractivity contribution in [3.8, 4) is 5.75 Å². The van der Waals surface area contributed by atoms with E-state index in [-0.39, 0.29) is 6.61 Å². The smallest absolute Gasteiger partial charge is 0.407 e. The van der Waals surface area contributed by atoms with Gasteiger partial charge in [0.2, 0.25) is 0 Å². The van der Waals surface area contributed by atoms with Crippen molar-refractivity contribution in [2.75, 3.05) is 49.7 Å². The number of nitrogens with zero attached hydrogens (tertiary/aromatic N) is 2. The lowest BCUT2D eigenvalue weighted by atomic mass is 10.2. The largest absolute Gasteiger partial charge is 0.616 e. The van der Waals surface area contributed by atoms with Crippen LogP contribution >= 0.6 is 0 Å². The van der Waals surface area contributed by atoms with E-state index in [9.17, 15) is 13.7 Å². The van der Waals surface area contributed by atoms with Crippen LogP contribution in [0.2, 0.25) is 0 Å². The number of hydrogen-bond donors (Lipinski definition) is 1. The van der Waals surface area contributed by atoms with Crippen molar-refractivity contribution in [3.63, 3.8) is 0 Å². The number of ether oxygens (including phenoxy) is 1. The fourth-order valence-electron chi connectivity index (χ4n) is 2.25. The van der Waals surface area contributed by atoms with Gasteiger partial charge in [0.25, 0.3) is 0 Å². The van der Waals surface area contributed by atoms with Gasteiger partial charge in [0.1, 0.15) is 23.9 Å². The van der Waals surface area contributed by atoms with Gasteiger partial charge in [-0.15, -0.1) is 0 Å². The third-order valence-electron chi connectivity index (χ3n) is 3.45. The van der Waals surface area contributed by atoms with E-state index in [1.54, 1.807) is 18.4 Å². The highest BCUT2D eigenvalue weighted by Gasteiger charge is 2.22. The highest BCUT2D eigenvalue weighted by atomic mass is 32.2. The summed E-state index contributed by atoms with van der Waals surface area (Å²) in [4.78, 5) is 14.0. The summed E-state index contributed by atoms with van der Waals surface area (Å²) in [6.07, 6.45) is 0.640. The standard InChI is InChI=1S/C14H19FN2O4S/c1-22(20)9-8-21-11-2-3-13(12(15)10-11)16-4-6-17(7-5-16)14(18)19/h2-3,10H,4-9H2,1H3,(H,18,19). The van der Waals surface area contributed by atoms with Crippen molar-refractivity contribution >= 4 is 23.0 Å². The van der Waals surface area contributed by atoms with E-state index in [2.05, 4.69) is 0 Å². The van der Waals surface area contributed by atoms with Crippen molar-refractivity contribution in [2.45, 2.75) is 0 Å². The van der Waals surface area contributed by atoms with Crippen molar-refractivity contribution in [1.82, 2.24) is 4.90 Å². The topological polar surface area (TPSA) is 76.1 Å². The molecule has 0 spiro atoms. The Morgan fingerprint density at radius 2 is 2.09 bits per heavy atom. The lowest BCUT2D eigenvalue weighted by Crippen LogP contribution is -2.48. The second-order valence-corrected chi connectivity index (χ2v) is 6.55. The van der Waals surface area contributed by atoms with Gasteiger partial charge in [-0.3, -0.25) is 0 Å². The monoisotopic (exact) mass is 330 g/mol. The Balaban J connectivity index is 1.94. The zero-order valence-corrected chi connectivity index (χ0v) is 13.1. The minimum atomic E-state index is -0.947. The predicted molar refractivity (Wildman–Crippen MR) is 82.6 cm³/mol. The van der Waals surface area contributed by atoms with Crippen LogP contribution in [-0.2, 0) is 11.2 Å². The number of amides is 1. The van der Waals surface area contributed by atoms with Crippen LogP contribution in [0.5, 0.6) is 5.75 Å². The molecule has 1 fully saturated rings. The average Bonchev–Trinajstić information content (AvgIpc) is 2.47. The van der Waals surface area contributed by atoms with Gasteiger partial charge in [0.05, 0.1) is 11.9 Å². The molecule has 0 aliphatic carbocycles. The summed E-state index contributed by atoms with van der Waals surface area (Å²) < 4.78 is 30.5. The molecule has 1 heterocycles. The summed E-state index contributed by atoms with van der Waals surface area (Å²) in [5.74, 6) is 0.398. The molecule has 1 amide bonds. The molecule has 0 saturated carbocycles. The van der Waals surface area contributed by atoms with Crippen molar-refractivity contribution in [2.24, 2.45) is 0 Å². The van der Waals surface area contributed by atoms with Crippen LogP contribution in [0.25, 0.3) is 0 Å². The van der Waals surface area contributed by atoms with Gasteiger partial charge in [-0.05, 0) is 12.1 Å². The van der Waals surface area contributed by atoms with Crippen molar-refractivity contribution < 1.29 is 23.6 Å². The second kappa shape index (κ2) is 7.55. The molecule has 1 unspecified atom stereocenters. The predicted octanol–water partition coefficient (Wildman–Crippen LogP) is 1.38. The van der Waals surface area contributed by atoms with E-state index >= 15 is 0 Å². The van der Waals surface area contributed by atoms with Gasteiger partial charge in [-0.1, -0.05) is 11.2 Å². The number of carbonyl (C=O) groups is 1. The average molecular weight is 330 g/mol. The maximum atomic E-state index is 14.2. The fraction of sp³-hybridized carbons (Fsp3) is 0.500. The number of anilines is 1. The zero-order valence-electron chi connectivity index (χ0n) is 12.3. The molecule has 122 valence electrons. The van der Waals surface area contributed by atoms with Crippen LogP contribution in [0, 0.1) is 5.82 Å². The Kier molecular flexibility index (Phi) is 5.73. The molecule has 1 saturated heterocycles. The molecule has 2 rings (SSSR count). The van der Waals surface area contributed by atoms with Crippen LogP contribution in [0.4, 0.5) is 14.9 Å². The Morgan fingerprint density at radius 3 is 2.64 bits per heavy atom. The number of carboxylic acid groups (broad SMARTS) is 1. The summed E-state index contributed by atoms with van der Waals surface area (Å²) in [5, 5.41) is 8.90. The number of piperazine rings is 1. The number of hydrogen-bond acceptors (Lipinski definition) is 4. The molecule has 1 aliphatic rings. The molecule has 1 aromatic carbocycles. The summed E-state index contributed by atoms with van der Waals surface area (Å²) in [5.41, 5.74) is 0.441. The highest BCUT2D eigenvalue weighted by molar-refractivity contribution is 7.90. The van der Waals surface area contributed by atoms with Gasteiger partial charge >= 0.3 is 6.09 Å². The van der Waals surface area contributed by atoms with Gasteiger partial charge in [-0.25, -0.2) is 9.18 Å². The normalized spacial score (nSPS) is 16.5. The van der Waals surface area contributed by atoms with Crippen LogP contribution < -0.4 is 9.64 Å². The molecule has 0 bridgehead atoms. The third-order valence-corrected chi connectivity index (χ3v) is 4.19. The van der Waals surface area contributed by atoms with Crippen molar-refractivity contribution in [1.29, 1.82) is 0 Å². The Bertz CT molecular complexity index is 522. The van der Waals surface area contributed by atoms with Crippen molar-refractivity contribution in [3.05, 3.63) is 24.0 Å². The first-order valence-corrected chi connectivity index (χ1v) is 8.65. The maximum Gasteiger partial charge on any atom is 0.407 e. The van der Waals surface area contributed by atoms with E-state index in [4.69, 9.17) is 9.84 Å². The summed E-state index contributed by atoms with van der Waals surface area (Å²) in [6, 6.07) is 4.60. The molecule has 0 radical (unpaired) electrons. The van der Waals surface area contributed by atoms with E-state index < -0.39 is 23.1 Å². The molecule has 1 aliphatic heterocycles. The SMILES string of the molecule is C[S+]([O-])CCOc1ccc(N2CCN(C(=O)O)CC2)c(F)c1. The molecule has 1 N–H and O–H groups in total. The summed E-state index contributed by atoms with van der Waals surface area (Å²) in [6.45, 7) is 1.90. The Hall–Kier alpha value is -1.67. The molecule has 22 heavy (non-hydrogen) atoms. The lowest BCUT2D eigenvalue weighted by molar-refractivity contribution is 0.142. The third kappa shape index (κ3) is 4.41. The van der Waals surface area contributed by atoms with E-state index in [0.717, 1.165) is 0 Å². The van der Waals surface area contributed by atoms with Crippen LogP contribution in [0.1, 0.15) is 0 Å². The fourth-order valence-corrected chi connectivity index (χ4v) is 2.57. The molecule has 6 nitrogen and oxygen atoms in total. The molecule has 1 aromatic rings. The van der Waals surface area contributed by atoms with E-state index in [0.29, 0.717) is 43.4 Å². The van der Waals surface area contributed by atoms with Gasteiger partial charge in [0, 0.05) is 32.2 Å². The van der Waals surface area contributed by atoms with Crippen LogP contribution in [-0.4, -0.2) is 65.4 Å². The Morgan fingerprint density at radius 1 is 1.41 bits per heavy atom. The highest BCUT2D eigenvalue weighted by Crippen LogP contribution is 2.25. The quantitative estimate of drug-likeness (QED) is 0.826. The number of benzene rings is 1. The first-order chi connectivity index (χ1) is 10.5. The molecule has 1 atom stereocenters. The summed E-state index contributed by atoms with van der Waals surface area (Å²) in [7, 11) is 0. The first-order valence-electron chi connectivity index (χ1n) is 6.92. The molecular formula is C14H19FN2O4S. The second-order valence-electron chi connectivity index (χ2n) is 5.00. The van der Waals surface area contributed by atoms with Crippen LogP contribution in [0.15, 0.2) is 18.2 Å².